The smallest absolute Gasteiger partial charge is 0.319 e. The standard InChI is InChI=1S/C14H20ClNO3/c1-3-4-8-19-14(17)10-16-9-11-12(15)6-5-7-13(11)18-2/h5-7,16H,3-4,8-10H2,1-2H3. The van der Waals surface area contributed by atoms with Crippen LogP contribution in [0.1, 0.15) is 25.3 Å². The van der Waals surface area contributed by atoms with Crippen molar-refractivity contribution in [2.75, 3.05) is 20.3 Å². The Hall–Kier alpha value is -1.26. The summed E-state index contributed by atoms with van der Waals surface area (Å²) in [5.41, 5.74) is 0.841. The van der Waals surface area contributed by atoms with Crippen LogP contribution in [0.4, 0.5) is 0 Å². The van der Waals surface area contributed by atoms with E-state index in [-0.39, 0.29) is 12.5 Å². The van der Waals surface area contributed by atoms with Crippen molar-refractivity contribution in [1.29, 1.82) is 0 Å². The van der Waals surface area contributed by atoms with Crippen molar-refractivity contribution in [2.45, 2.75) is 26.3 Å². The van der Waals surface area contributed by atoms with Gasteiger partial charge in [0.15, 0.2) is 0 Å². The lowest BCUT2D eigenvalue weighted by molar-refractivity contribution is -0.142. The molecule has 0 unspecified atom stereocenters. The van der Waals surface area contributed by atoms with E-state index >= 15 is 0 Å². The van der Waals surface area contributed by atoms with Gasteiger partial charge in [-0.25, -0.2) is 0 Å². The molecule has 0 saturated carbocycles. The topological polar surface area (TPSA) is 47.6 Å². The summed E-state index contributed by atoms with van der Waals surface area (Å²) < 4.78 is 10.3. The van der Waals surface area contributed by atoms with Crippen LogP contribution in [0.5, 0.6) is 5.75 Å². The molecule has 19 heavy (non-hydrogen) atoms. The predicted molar refractivity (Wildman–Crippen MR) is 75.6 cm³/mol. The van der Waals surface area contributed by atoms with Gasteiger partial charge in [-0.3, -0.25) is 4.79 Å². The number of carbonyl (C=O) groups excluding carboxylic acids is 1. The first kappa shape index (κ1) is 15.8. The second kappa shape index (κ2) is 8.77. The largest absolute Gasteiger partial charge is 0.496 e. The normalized spacial score (nSPS) is 10.3. The van der Waals surface area contributed by atoms with Crippen LogP contribution in [0.3, 0.4) is 0 Å². The fourth-order valence-corrected chi connectivity index (χ4v) is 1.81. The van der Waals surface area contributed by atoms with E-state index in [0.717, 1.165) is 18.4 Å². The zero-order chi connectivity index (χ0) is 14.1. The zero-order valence-electron chi connectivity index (χ0n) is 11.4. The van der Waals surface area contributed by atoms with Crippen molar-refractivity contribution in [1.82, 2.24) is 5.32 Å². The maximum Gasteiger partial charge on any atom is 0.319 e. The number of nitrogens with one attached hydrogen (secondary N) is 1. The summed E-state index contributed by atoms with van der Waals surface area (Å²) in [6.45, 7) is 3.16. The lowest BCUT2D eigenvalue weighted by atomic mass is 10.2. The molecule has 0 aromatic heterocycles. The van der Waals surface area contributed by atoms with Crippen LogP contribution >= 0.6 is 11.6 Å². The minimum absolute atomic E-state index is 0.165. The molecule has 106 valence electrons. The summed E-state index contributed by atoms with van der Waals surface area (Å²) in [4.78, 5) is 11.4. The molecule has 0 atom stereocenters. The number of unbranched alkanes of at least 4 members (excludes halogenated alkanes) is 1. The van der Waals surface area contributed by atoms with Gasteiger partial charge in [0.25, 0.3) is 0 Å². The summed E-state index contributed by atoms with van der Waals surface area (Å²) in [6.07, 6.45) is 1.90. The number of benzene rings is 1. The summed E-state index contributed by atoms with van der Waals surface area (Å²) in [5.74, 6) is 0.457. The molecule has 0 radical (unpaired) electrons. The lowest BCUT2D eigenvalue weighted by Gasteiger charge is -2.11. The van der Waals surface area contributed by atoms with E-state index in [1.165, 1.54) is 0 Å². The molecule has 0 saturated heterocycles. The molecular weight excluding hydrogens is 266 g/mol. The molecule has 1 aromatic rings. The molecule has 0 aliphatic rings. The molecule has 0 aliphatic carbocycles. The third-order valence-electron chi connectivity index (χ3n) is 2.63. The Labute approximate surface area is 119 Å². The Balaban J connectivity index is 2.39. The van der Waals surface area contributed by atoms with Crippen LogP contribution < -0.4 is 10.1 Å². The van der Waals surface area contributed by atoms with E-state index in [1.807, 2.05) is 12.1 Å². The summed E-state index contributed by atoms with van der Waals surface area (Å²) >= 11 is 6.09. The van der Waals surface area contributed by atoms with Crippen molar-refractivity contribution in [3.05, 3.63) is 28.8 Å². The van der Waals surface area contributed by atoms with Crippen molar-refractivity contribution in [3.8, 4) is 5.75 Å². The summed E-state index contributed by atoms with van der Waals surface area (Å²) in [5, 5.41) is 3.62. The van der Waals surface area contributed by atoms with Crippen molar-refractivity contribution >= 4 is 17.6 Å². The van der Waals surface area contributed by atoms with Crippen LogP contribution in [0.15, 0.2) is 18.2 Å². The first-order chi connectivity index (χ1) is 9.19. The van der Waals surface area contributed by atoms with Crippen molar-refractivity contribution < 1.29 is 14.3 Å². The third kappa shape index (κ3) is 5.49. The molecule has 0 amide bonds. The number of methoxy groups -OCH3 is 1. The molecule has 1 aromatic carbocycles. The maximum absolute atomic E-state index is 11.4. The Morgan fingerprint density at radius 2 is 2.21 bits per heavy atom. The molecule has 1 N–H and O–H groups in total. The lowest BCUT2D eigenvalue weighted by Crippen LogP contribution is -2.25. The first-order valence-electron chi connectivity index (χ1n) is 6.36. The fraction of sp³-hybridized carbons (Fsp3) is 0.500. The van der Waals surface area contributed by atoms with Gasteiger partial charge in [-0.2, -0.15) is 0 Å². The van der Waals surface area contributed by atoms with E-state index < -0.39 is 0 Å². The number of carbonyl (C=O) groups is 1. The average molecular weight is 286 g/mol. The van der Waals surface area contributed by atoms with Crippen LogP contribution in [0, 0.1) is 0 Å². The average Bonchev–Trinajstić information content (AvgIpc) is 2.41. The number of ether oxygens (including phenoxy) is 2. The molecule has 0 spiro atoms. The van der Waals surface area contributed by atoms with Gasteiger partial charge in [0.1, 0.15) is 5.75 Å². The number of hydrogen-bond acceptors (Lipinski definition) is 4. The molecule has 5 heteroatoms. The van der Waals surface area contributed by atoms with Gasteiger partial charge < -0.3 is 14.8 Å². The van der Waals surface area contributed by atoms with Crippen molar-refractivity contribution in [3.63, 3.8) is 0 Å². The minimum Gasteiger partial charge on any atom is -0.496 e. The highest BCUT2D eigenvalue weighted by Crippen LogP contribution is 2.25. The maximum atomic E-state index is 11.4. The first-order valence-corrected chi connectivity index (χ1v) is 6.74. The van der Waals surface area contributed by atoms with E-state index in [0.29, 0.717) is 23.9 Å². The number of rotatable bonds is 8. The highest BCUT2D eigenvalue weighted by Gasteiger charge is 2.08. The quantitative estimate of drug-likeness (QED) is 0.589. The molecule has 0 heterocycles. The predicted octanol–water partition coefficient (Wildman–Crippen LogP) is 2.78. The highest BCUT2D eigenvalue weighted by atomic mass is 35.5. The zero-order valence-corrected chi connectivity index (χ0v) is 12.1. The van der Waals surface area contributed by atoms with Crippen LogP contribution in [-0.4, -0.2) is 26.2 Å². The molecule has 0 fully saturated rings. The Morgan fingerprint density at radius 3 is 2.89 bits per heavy atom. The van der Waals surface area contributed by atoms with Crippen LogP contribution in [0.2, 0.25) is 5.02 Å². The molecule has 4 nitrogen and oxygen atoms in total. The van der Waals surface area contributed by atoms with Crippen LogP contribution in [-0.2, 0) is 16.1 Å². The van der Waals surface area contributed by atoms with E-state index in [1.54, 1.807) is 13.2 Å². The highest BCUT2D eigenvalue weighted by molar-refractivity contribution is 6.31. The molecule has 1 rings (SSSR count). The van der Waals surface area contributed by atoms with Gasteiger partial charge in [0, 0.05) is 17.1 Å². The van der Waals surface area contributed by atoms with E-state index in [9.17, 15) is 4.79 Å². The van der Waals surface area contributed by atoms with E-state index in [4.69, 9.17) is 21.1 Å². The summed E-state index contributed by atoms with van der Waals surface area (Å²) in [6, 6.07) is 5.45. The summed E-state index contributed by atoms with van der Waals surface area (Å²) in [7, 11) is 1.59. The molecule has 0 aliphatic heterocycles. The van der Waals surface area contributed by atoms with Gasteiger partial charge in [-0.1, -0.05) is 31.0 Å². The number of halogens is 1. The number of hydrogen-bond donors (Lipinski definition) is 1. The van der Waals surface area contributed by atoms with Gasteiger partial charge in [-0.05, 0) is 18.6 Å². The SMILES string of the molecule is CCCCOC(=O)CNCc1c(Cl)cccc1OC. The Kier molecular flexibility index (Phi) is 7.30. The van der Waals surface area contributed by atoms with Gasteiger partial charge in [0.2, 0.25) is 0 Å². The molecular formula is C14H20ClNO3. The van der Waals surface area contributed by atoms with E-state index in [2.05, 4.69) is 12.2 Å². The van der Waals surface area contributed by atoms with Gasteiger partial charge in [0.05, 0.1) is 20.3 Å². The van der Waals surface area contributed by atoms with Gasteiger partial charge >= 0.3 is 5.97 Å². The monoisotopic (exact) mass is 285 g/mol. The van der Waals surface area contributed by atoms with Crippen molar-refractivity contribution in [2.24, 2.45) is 0 Å². The minimum atomic E-state index is -0.250. The second-order valence-electron chi connectivity index (χ2n) is 4.10. The fourth-order valence-electron chi connectivity index (χ4n) is 1.57. The molecule has 0 bridgehead atoms. The second-order valence-corrected chi connectivity index (χ2v) is 4.51. The third-order valence-corrected chi connectivity index (χ3v) is 2.98. The Bertz CT molecular complexity index is 410. The van der Waals surface area contributed by atoms with Gasteiger partial charge in [-0.15, -0.1) is 0 Å². The Morgan fingerprint density at radius 1 is 1.42 bits per heavy atom. The van der Waals surface area contributed by atoms with Crippen LogP contribution in [0.25, 0.3) is 0 Å². The number of esters is 1.